The zero-order valence-electron chi connectivity index (χ0n) is 16.3. The molecule has 0 fully saturated rings. The summed E-state index contributed by atoms with van der Waals surface area (Å²) in [5.41, 5.74) is 2.79. The first-order valence-corrected chi connectivity index (χ1v) is 9.19. The lowest BCUT2D eigenvalue weighted by Gasteiger charge is -2.11. The Hall–Kier alpha value is -3.19. The molecular formula is C21H24N4O3. The normalized spacial score (nSPS) is 11.0. The van der Waals surface area contributed by atoms with Gasteiger partial charge in [0.15, 0.2) is 5.69 Å². The third-order valence-electron chi connectivity index (χ3n) is 4.10. The van der Waals surface area contributed by atoms with E-state index in [0.29, 0.717) is 35.7 Å². The van der Waals surface area contributed by atoms with Crippen molar-refractivity contribution in [1.82, 2.24) is 14.3 Å². The van der Waals surface area contributed by atoms with Crippen LogP contribution in [0.3, 0.4) is 0 Å². The fraction of sp³-hybridized carbons (Fsp3) is 0.286. The molecule has 0 atom stereocenters. The topological polar surface area (TPSA) is 75.9 Å². The molecule has 1 amide bonds. The van der Waals surface area contributed by atoms with Crippen molar-refractivity contribution in [2.24, 2.45) is 0 Å². The number of imidazole rings is 1. The summed E-state index contributed by atoms with van der Waals surface area (Å²) in [4.78, 5) is 31.4. The average Bonchev–Trinajstić information content (AvgIpc) is 3.04. The van der Waals surface area contributed by atoms with Gasteiger partial charge in [-0.3, -0.25) is 4.79 Å². The molecule has 3 aromatic rings. The van der Waals surface area contributed by atoms with Gasteiger partial charge in [-0.05, 0) is 50.8 Å². The van der Waals surface area contributed by atoms with E-state index in [2.05, 4.69) is 10.3 Å². The van der Waals surface area contributed by atoms with Crippen LogP contribution in [0.4, 0.5) is 5.69 Å². The Labute approximate surface area is 163 Å². The monoisotopic (exact) mass is 380 g/mol. The van der Waals surface area contributed by atoms with Crippen LogP contribution in [0.2, 0.25) is 0 Å². The third-order valence-corrected chi connectivity index (χ3v) is 4.10. The number of hydrogen-bond donors (Lipinski definition) is 1. The van der Waals surface area contributed by atoms with Gasteiger partial charge in [-0.15, -0.1) is 0 Å². The van der Waals surface area contributed by atoms with Gasteiger partial charge in [-0.25, -0.2) is 9.78 Å². The Morgan fingerprint density at radius 3 is 2.75 bits per heavy atom. The second kappa shape index (κ2) is 8.67. The summed E-state index contributed by atoms with van der Waals surface area (Å²) < 4.78 is 7.06. The number of esters is 1. The van der Waals surface area contributed by atoms with Crippen molar-refractivity contribution in [3.05, 3.63) is 65.6 Å². The molecule has 2 heterocycles. The van der Waals surface area contributed by atoms with Crippen LogP contribution in [0.5, 0.6) is 0 Å². The number of ether oxygens (including phenoxy) is 1. The van der Waals surface area contributed by atoms with Gasteiger partial charge < -0.3 is 19.4 Å². The predicted octanol–water partition coefficient (Wildman–Crippen LogP) is 3.22. The van der Waals surface area contributed by atoms with Crippen LogP contribution in [0, 0.1) is 0 Å². The van der Waals surface area contributed by atoms with E-state index in [9.17, 15) is 9.59 Å². The minimum absolute atomic E-state index is 0.320. The molecule has 146 valence electrons. The molecule has 7 heteroatoms. The molecule has 0 bridgehead atoms. The SMILES string of the molecule is CCCOC(=O)c1cccc(NC(=O)c2nc3ccccn3c2CN(C)C)c1. The Morgan fingerprint density at radius 1 is 1.18 bits per heavy atom. The highest BCUT2D eigenvalue weighted by atomic mass is 16.5. The van der Waals surface area contributed by atoms with Crippen LogP contribution in [0.1, 0.15) is 39.9 Å². The van der Waals surface area contributed by atoms with Crippen molar-refractivity contribution in [3.63, 3.8) is 0 Å². The van der Waals surface area contributed by atoms with Crippen molar-refractivity contribution in [3.8, 4) is 0 Å². The summed E-state index contributed by atoms with van der Waals surface area (Å²) >= 11 is 0. The van der Waals surface area contributed by atoms with Crippen LogP contribution in [0.15, 0.2) is 48.7 Å². The van der Waals surface area contributed by atoms with Crippen LogP contribution < -0.4 is 5.32 Å². The number of carbonyl (C=O) groups excluding carboxylic acids is 2. The number of nitrogens with zero attached hydrogens (tertiary/aromatic N) is 3. The van der Waals surface area contributed by atoms with Crippen LogP contribution in [-0.4, -0.2) is 46.9 Å². The van der Waals surface area contributed by atoms with Crippen molar-refractivity contribution < 1.29 is 14.3 Å². The zero-order chi connectivity index (χ0) is 20.1. The maximum absolute atomic E-state index is 12.9. The van der Waals surface area contributed by atoms with Crippen molar-refractivity contribution in [2.75, 3.05) is 26.0 Å². The van der Waals surface area contributed by atoms with Crippen molar-refractivity contribution in [1.29, 1.82) is 0 Å². The van der Waals surface area contributed by atoms with E-state index < -0.39 is 5.97 Å². The average molecular weight is 380 g/mol. The quantitative estimate of drug-likeness (QED) is 0.637. The number of nitrogens with one attached hydrogen (secondary N) is 1. The molecule has 1 aromatic carbocycles. The number of carbonyl (C=O) groups is 2. The van der Waals surface area contributed by atoms with E-state index in [1.165, 1.54) is 0 Å². The van der Waals surface area contributed by atoms with Crippen molar-refractivity contribution in [2.45, 2.75) is 19.9 Å². The number of rotatable bonds is 7. The summed E-state index contributed by atoms with van der Waals surface area (Å²) in [5.74, 6) is -0.724. The maximum atomic E-state index is 12.9. The fourth-order valence-corrected chi connectivity index (χ4v) is 2.87. The molecule has 0 radical (unpaired) electrons. The number of anilines is 1. The Bertz CT molecular complexity index is 994. The highest BCUT2D eigenvalue weighted by molar-refractivity contribution is 6.04. The second-order valence-corrected chi connectivity index (χ2v) is 6.74. The highest BCUT2D eigenvalue weighted by Gasteiger charge is 2.20. The summed E-state index contributed by atoms with van der Waals surface area (Å²) in [6.07, 6.45) is 2.65. The van der Waals surface area contributed by atoms with E-state index in [0.717, 1.165) is 12.1 Å². The van der Waals surface area contributed by atoms with E-state index in [4.69, 9.17) is 4.74 Å². The van der Waals surface area contributed by atoms with Gasteiger partial charge in [0.1, 0.15) is 5.65 Å². The van der Waals surface area contributed by atoms with Gasteiger partial charge in [0.25, 0.3) is 5.91 Å². The molecule has 7 nitrogen and oxygen atoms in total. The summed E-state index contributed by atoms with van der Waals surface area (Å²) in [6.45, 7) is 2.87. The van der Waals surface area contributed by atoms with E-state index in [1.807, 2.05) is 54.7 Å². The molecule has 0 spiro atoms. The summed E-state index contributed by atoms with van der Waals surface area (Å²) in [5, 5.41) is 2.84. The van der Waals surface area contributed by atoms with E-state index >= 15 is 0 Å². The standard InChI is InChI=1S/C21H24N4O3/c1-4-12-28-21(27)15-8-7-9-16(13-15)22-20(26)19-17(14-24(2)3)25-11-6-5-10-18(25)23-19/h5-11,13H,4,12,14H2,1-3H3,(H,22,26). The van der Waals surface area contributed by atoms with Crippen LogP contribution >= 0.6 is 0 Å². The minimum atomic E-state index is -0.404. The Balaban J connectivity index is 1.86. The molecule has 28 heavy (non-hydrogen) atoms. The summed E-state index contributed by atoms with van der Waals surface area (Å²) in [6, 6.07) is 12.4. The van der Waals surface area contributed by atoms with Gasteiger partial charge in [0.05, 0.1) is 17.9 Å². The fourth-order valence-electron chi connectivity index (χ4n) is 2.87. The predicted molar refractivity (Wildman–Crippen MR) is 108 cm³/mol. The Morgan fingerprint density at radius 2 is 2.00 bits per heavy atom. The van der Waals surface area contributed by atoms with Crippen molar-refractivity contribution >= 4 is 23.2 Å². The second-order valence-electron chi connectivity index (χ2n) is 6.74. The number of benzene rings is 1. The summed E-state index contributed by atoms with van der Waals surface area (Å²) in [7, 11) is 3.88. The number of pyridine rings is 1. The molecule has 0 unspecified atom stereocenters. The molecule has 0 saturated heterocycles. The van der Waals surface area contributed by atoms with Gasteiger partial charge in [-0.2, -0.15) is 0 Å². The first-order valence-electron chi connectivity index (χ1n) is 9.19. The highest BCUT2D eigenvalue weighted by Crippen LogP contribution is 2.18. The molecular weight excluding hydrogens is 356 g/mol. The molecule has 0 saturated carbocycles. The lowest BCUT2D eigenvalue weighted by molar-refractivity contribution is 0.0505. The first kappa shape index (κ1) is 19.6. The largest absolute Gasteiger partial charge is 0.462 e. The molecule has 2 aromatic heterocycles. The number of hydrogen-bond acceptors (Lipinski definition) is 5. The molecule has 3 rings (SSSR count). The van der Waals surface area contributed by atoms with Gasteiger partial charge >= 0.3 is 5.97 Å². The molecule has 0 aliphatic rings. The molecule has 0 aliphatic heterocycles. The van der Waals surface area contributed by atoms with Gasteiger partial charge in [0.2, 0.25) is 0 Å². The number of fused-ring (bicyclic) bond motifs is 1. The van der Waals surface area contributed by atoms with E-state index in [1.54, 1.807) is 24.3 Å². The Kier molecular flexibility index (Phi) is 6.06. The lowest BCUT2D eigenvalue weighted by atomic mass is 10.2. The van der Waals surface area contributed by atoms with Crippen LogP contribution in [0.25, 0.3) is 5.65 Å². The van der Waals surface area contributed by atoms with Crippen LogP contribution in [-0.2, 0) is 11.3 Å². The maximum Gasteiger partial charge on any atom is 0.338 e. The number of aromatic nitrogens is 2. The first-order chi connectivity index (χ1) is 13.5. The van der Waals surface area contributed by atoms with E-state index in [-0.39, 0.29) is 5.91 Å². The molecule has 0 aliphatic carbocycles. The molecule has 1 N–H and O–H groups in total. The van der Waals surface area contributed by atoms with Gasteiger partial charge in [-0.1, -0.05) is 19.1 Å². The van der Waals surface area contributed by atoms with Gasteiger partial charge in [0, 0.05) is 18.4 Å². The zero-order valence-corrected chi connectivity index (χ0v) is 16.3. The smallest absolute Gasteiger partial charge is 0.338 e. The third kappa shape index (κ3) is 4.37. The minimum Gasteiger partial charge on any atom is -0.462 e. The lowest BCUT2D eigenvalue weighted by Crippen LogP contribution is -2.19. The number of amides is 1.